The highest BCUT2D eigenvalue weighted by Crippen LogP contribution is 2.13. The molecule has 0 heterocycles. The van der Waals surface area contributed by atoms with Gasteiger partial charge in [-0.3, -0.25) is 4.79 Å². The fraction of sp³-hybridized carbons (Fsp3) is 0.364. The van der Waals surface area contributed by atoms with Crippen LogP contribution >= 0.6 is 0 Å². The molecule has 2 rings (SSSR count). The van der Waals surface area contributed by atoms with Crippen molar-refractivity contribution in [3.8, 4) is 5.75 Å². The number of ether oxygens (including phenoxy) is 1. The molecule has 1 N–H and O–H groups in total. The van der Waals surface area contributed by atoms with Crippen molar-refractivity contribution in [2.24, 2.45) is 11.0 Å². The lowest BCUT2D eigenvalue weighted by Gasteiger charge is -2.09. The minimum absolute atomic E-state index is 0.219. The van der Waals surface area contributed by atoms with Gasteiger partial charge >= 0.3 is 0 Å². The second-order valence-corrected chi connectivity index (χ2v) is 6.67. The molecule has 1 amide bonds. The Balaban J connectivity index is 1.97. The number of nitrogens with one attached hydrogen (secondary N) is 1. The zero-order valence-electron chi connectivity index (χ0n) is 15.9. The molecule has 2 aromatic carbocycles. The standard InChI is InChI=1S/C22H28N2O2/c1-4-8-21(18-9-6-5-7-10-18)23-24-22(25)19-11-13-20(14-12-19)26-16-15-17(2)3/h5-7,9-14,17H,4,8,15-16H2,1-3H3,(H,24,25). The quantitative estimate of drug-likeness (QED) is 0.507. The lowest BCUT2D eigenvalue weighted by atomic mass is 10.1. The second kappa shape index (κ2) is 10.4. The van der Waals surface area contributed by atoms with Gasteiger partial charge in [-0.05, 0) is 48.6 Å². The number of rotatable bonds is 9. The average Bonchev–Trinajstić information content (AvgIpc) is 2.66. The van der Waals surface area contributed by atoms with Gasteiger partial charge in [-0.15, -0.1) is 0 Å². The first-order valence-electron chi connectivity index (χ1n) is 9.25. The number of hydrazone groups is 1. The molecule has 0 bridgehead atoms. The Bertz CT molecular complexity index is 707. The molecule has 4 heteroatoms. The van der Waals surface area contributed by atoms with E-state index in [1.54, 1.807) is 12.1 Å². The molecule has 26 heavy (non-hydrogen) atoms. The predicted molar refractivity (Wildman–Crippen MR) is 107 cm³/mol. The van der Waals surface area contributed by atoms with Gasteiger partial charge in [0.1, 0.15) is 5.75 Å². The van der Waals surface area contributed by atoms with Crippen molar-refractivity contribution in [2.75, 3.05) is 6.61 Å². The Morgan fingerprint density at radius 2 is 1.73 bits per heavy atom. The van der Waals surface area contributed by atoms with Crippen LogP contribution in [-0.2, 0) is 0 Å². The Morgan fingerprint density at radius 3 is 2.35 bits per heavy atom. The van der Waals surface area contributed by atoms with Gasteiger partial charge in [-0.2, -0.15) is 5.10 Å². The second-order valence-electron chi connectivity index (χ2n) is 6.67. The Hall–Kier alpha value is -2.62. The van der Waals surface area contributed by atoms with Gasteiger partial charge < -0.3 is 4.74 Å². The fourth-order valence-electron chi connectivity index (χ4n) is 2.43. The fourth-order valence-corrected chi connectivity index (χ4v) is 2.43. The summed E-state index contributed by atoms with van der Waals surface area (Å²) in [6.45, 7) is 7.11. The van der Waals surface area contributed by atoms with Gasteiger partial charge in [0.15, 0.2) is 0 Å². The van der Waals surface area contributed by atoms with Crippen LogP contribution in [0.3, 0.4) is 0 Å². The summed E-state index contributed by atoms with van der Waals surface area (Å²) >= 11 is 0. The minimum atomic E-state index is -0.219. The summed E-state index contributed by atoms with van der Waals surface area (Å²) in [5.41, 5.74) is 5.15. The third kappa shape index (κ3) is 6.36. The van der Waals surface area contributed by atoms with Crippen LogP contribution in [-0.4, -0.2) is 18.2 Å². The average molecular weight is 352 g/mol. The molecule has 0 aliphatic heterocycles. The predicted octanol–water partition coefficient (Wildman–Crippen LogP) is 5.05. The lowest BCUT2D eigenvalue weighted by Crippen LogP contribution is -2.20. The number of amides is 1. The molecule has 0 atom stereocenters. The molecular formula is C22H28N2O2. The van der Waals surface area contributed by atoms with Gasteiger partial charge in [-0.25, -0.2) is 5.43 Å². The monoisotopic (exact) mass is 352 g/mol. The molecule has 0 spiro atoms. The summed E-state index contributed by atoms with van der Waals surface area (Å²) in [4.78, 5) is 12.3. The summed E-state index contributed by atoms with van der Waals surface area (Å²) < 4.78 is 5.68. The molecule has 0 aliphatic carbocycles. The first kappa shape index (κ1) is 19.7. The Morgan fingerprint density at radius 1 is 1.04 bits per heavy atom. The number of nitrogens with zero attached hydrogens (tertiary/aromatic N) is 1. The molecule has 138 valence electrons. The van der Waals surface area contributed by atoms with Crippen LogP contribution in [0, 0.1) is 5.92 Å². The van der Waals surface area contributed by atoms with Gasteiger partial charge in [0.25, 0.3) is 5.91 Å². The zero-order chi connectivity index (χ0) is 18.8. The van der Waals surface area contributed by atoms with E-state index in [1.165, 1.54) is 0 Å². The van der Waals surface area contributed by atoms with E-state index in [4.69, 9.17) is 4.74 Å². The summed E-state index contributed by atoms with van der Waals surface area (Å²) in [6.07, 6.45) is 2.79. The van der Waals surface area contributed by atoms with E-state index in [9.17, 15) is 4.79 Å². The maximum absolute atomic E-state index is 12.3. The van der Waals surface area contributed by atoms with Crippen LogP contribution in [0.5, 0.6) is 5.75 Å². The summed E-state index contributed by atoms with van der Waals surface area (Å²) in [5, 5.41) is 4.34. The lowest BCUT2D eigenvalue weighted by molar-refractivity contribution is 0.0954. The number of hydrogen-bond donors (Lipinski definition) is 1. The van der Waals surface area contributed by atoms with Crippen LogP contribution in [0.4, 0.5) is 0 Å². The van der Waals surface area contributed by atoms with Crippen molar-refractivity contribution in [3.05, 3.63) is 65.7 Å². The van der Waals surface area contributed by atoms with Gasteiger partial charge in [-0.1, -0.05) is 57.5 Å². The maximum atomic E-state index is 12.3. The molecule has 0 saturated heterocycles. The third-order valence-corrected chi connectivity index (χ3v) is 3.97. The molecule has 0 aromatic heterocycles. The largest absolute Gasteiger partial charge is 0.494 e. The highest BCUT2D eigenvalue weighted by Gasteiger charge is 2.07. The van der Waals surface area contributed by atoms with Crippen molar-refractivity contribution in [3.63, 3.8) is 0 Å². The van der Waals surface area contributed by atoms with Crippen molar-refractivity contribution >= 4 is 11.6 Å². The van der Waals surface area contributed by atoms with Crippen molar-refractivity contribution in [1.29, 1.82) is 0 Å². The summed E-state index contributed by atoms with van der Waals surface area (Å²) in [6, 6.07) is 17.1. The Labute approximate surface area is 156 Å². The van der Waals surface area contributed by atoms with Crippen LogP contribution in [0.25, 0.3) is 0 Å². The van der Waals surface area contributed by atoms with Crippen LogP contribution in [0.15, 0.2) is 59.7 Å². The SMILES string of the molecule is CCCC(=NNC(=O)c1ccc(OCCC(C)C)cc1)c1ccccc1. The molecule has 2 aromatic rings. The first-order chi connectivity index (χ1) is 12.6. The van der Waals surface area contributed by atoms with Crippen LogP contribution in [0.1, 0.15) is 56.0 Å². The summed E-state index contributed by atoms with van der Waals surface area (Å²) in [5.74, 6) is 1.17. The first-order valence-corrected chi connectivity index (χ1v) is 9.25. The van der Waals surface area contributed by atoms with E-state index >= 15 is 0 Å². The van der Waals surface area contributed by atoms with Gasteiger partial charge in [0.2, 0.25) is 0 Å². The maximum Gasteiger partial charge on any atom is 0.271 e. The Kier molecular flexibility index (Phi) is 7.87. The summed E-state index contributed by atoms with van der Waals surface area (Å²) in [7, 11) is 0. The highest BCUT2D eigenvalue weighted by molar-refractivity contribution is 6.02. The number of carbonyl (C=O) groups excluding carboxylic acids is 1. The molecule has 0 fully saturated rings. The van der Waals surface area contributed by atoms with Crippen molar-refractivity contribution in [2.45, 2.75) is 40.0 Å². The van der Waals surface area contributed by atoms with Crippen LogP contribution < -0.4 is 10.2 Å². The normalized spacial score (nSPS) is 11.5. The molecule has 0 radical (unpaired) electrons. The van der Waals surface area contributed by atoms with E-state index in [0.29, 0.717) is 18.1 Å². The smallest absolute Gasteiger partial charge is 0.271 e. The van der Waals surface area contributed by atoms with Crippen LogP contribution in [0.2, 0.25) is 0 Å². The molecule has 0 unspecified atom stereocenters. The van der Waals surface area contributed by atoms with E-state index in [2.05, 4.69) is 31.3 Å². The van der Waals surface area contributed by atoms with Crippen molar-refractivity contribution in [1.82, 2.24) is 5.43 Å². The van der Waals surface area contributed by atoms with Gasteiger partial charge in [0.05, 0.1) is 12.3 Å². The van der Waals surface area contributed by atoms with Crippen molar-refractivity contribution < 1.29 is 9.53 Å². The zero-order valence-corrected chi connectivity index (χ0v) is 15.9. The van der Waals surface area contributed by atoms with E-state index in [-0.39, 0.29) is 5.91 Å². The molecule has 4 nitrogen and oxygen atoms in total. The molecular weight excluding hydrogens is 324 g/mol. The van der Waals surface area contributed by atoms with E-state index in [0.717, 1.165) is 36.3 Å². The highest BCUT2D eigenvalue weighted by atomic mass is 16.5. The van der Waals surface area contributed by atoms with Gasteiger partial charge in [0, 0.05) is 5.56 Å². The molecule has 0 saturated carbocycles. The van der Waals surface area contributed by atoms with E-state index < -0.39 is 0 Å². The minimum Gasteiger partial charge on any atom is -0.494 e. The number of carbonyl (C=O) groups is 1. The number of hydrogen-bond acceptors (Lipinski definition) is 3. The topological polar surface area (TPSA) is 50.7 Å². The molecule has 0 aliphatic rings. The number of benzene rings is 2. The van der Waals surface area contributed by atoms with E-state index in [1.807, 2.05) is 42.5 Å². The third-order valence-electron chi connectivity index (χ3n) is 3.97.